The molecule has 6 heteroatoms. The Morgan fingerprint density at radius 3 is 2.52 bits per heavy atom. The van der Waals surface area contributed by atoms with Gasteiger partial charge in [-0.1, -0.05) is 36.4 Å². The van der Waals surface area contributed by atoms with E-state index in [1.165, 1.54) is 12.1 Å². The Morgan fingerprint density at radius 1 is 1.00 bits per heavy atom. The quantitative estimate of drug-likeness (QED) is 0.522. The molecule has 0 aliphatic rings. The molecule has 0 amide bonds. The number of nitrogens with zero attached hydrogens (tertiary/aromatic N) is 3. The second kappa shape index (κ2) is 7.75. The predicted octanol–water partition coefficient (Wildman–Crippen LogP) is 5.01. The third kappa shape index (κ3) is 3.96. The minimum absolute atomic E-state index is 0.292. The average Bonchev–Trinajstić information content (AvgIpc) is 3.16. The number of nitrogens with two attached hydrogens (primary N) is 1. The number of benzene rings is 2. The monoisotopic (exact) mass is 388 g/mol. The van der Waals surface area contributed by atoms with E-state index in [4.69, 9.17) is 10.5 Å². The number of rotatable bonds is 5. The molecule has 2 N–H and O–H groups in total. The van der Waals surface area contributed by atoms with E-state index in [1.54, 1.807) is 23.1 Å². The molecule has 2 heterocycles. The molecule has 0 spiro atoms. The molecule has 2 aromatic heterocycles. The number of pyridine rings is 1. The van der Waals surface area contributed by atoms with Crippen LogP contribution in [0.2, 0.25) is 0 Å². The van der Waals surface area contributed by atoms with Gasteiger partial charge in [-0.15, -0.1) is 0 Å². The molecule has 5 nitrogen and oxygen atoms in total. The number of nitrogen functional groups attached to an aromatic ring is 1. The third-order valence-electron chi connectivity index (χ3n) is 4.76. The maximum absolute atomic E-state index is 14.0. The van der Waals surface area contributed by atoms with E-state index in [1.807, 2.05) is 56.6 Å². The summed E-state index contributed by atoms with van der Waals surface area (Å²) in [7, 11) is 1.85. The summed E-state index contributed by atoms with van der Waals surface area (Å²) in [5, 5.41) is 4.19. The van der Waals surface area contributed by atoms with Crippen molar-refractivity contribution >= 4 is 5.82 Å². The second-order valence-electron chi connectivity index (χ2n) is 6.87. The number of anilines is 1. The average molecular weight is 388 g/mol. The molecule has 0 saturated carbocycles. The maximum atomic E-state index is 14.0. The molecule has 0 aliphatic carbocycles. The van der Waals surface area contributed by atoms with Gasteiger partial charge in [0.2, 0.25) is 0 Å². The number of halogens is 1. The highest BCUT2D eigenvalue weighted by molar-refractivity contribution is 5.69. The lowest BCUT2D eigenvalue weighted by Gasteiger charge is -2.20. The summed E-state index contributed by atoms with van der Waals surface area (Å²) >= 11 is 0. The lowest BCUT2D eigenvalue weighted by atomic mass is 9.96. The van der Waals surface area contributed by atoms with Crippen LogP contribution >= 0.6 is 0 Å². The van der Waals surface area contributed by atoms with Gasteiger partial charge in [0.25, 0.3) is 0 Å². The molecule has 1 atom stereocenters. The summed E-state index contributed by atoms with van der Waals surface area (Å²) in [6.45, 7) is 1.91. The van der Waals surface area contributed by atoms with Gasteiger partial charge in [-0.2, -0.15) is 5.10 Å². The van der Waals surface area contributed by atoms with Crippen molar-refractivity contribution in [3.8, 4) is 28.0 Å². The Hall–Kier alpha value is -3.67. The number of ether oxygens (including phenoxy) is 1. The standard InChI is InChI=1S/C23H21FN4O/c1-15(20-9-8-19(24)11-21(20)16-6-4-3-5-7-16)29-22-10-17(12-26-23(22)25)18-13-27-28(2)14-18/h3-15H,1-2H3,(H2,25,26)/t15-/m1/s1. The van der Waals surface area contributed by atoms with Crippen molar-refractivity contribution in [2.75, 3.05) is 5.73 Å². The zero-order valence-electron chi connectivity index (χ0n) is 16.2. The van der Waals surface area contributed by atoms with E-state index in [2.05, 4.69) is 10.1 Å². The van der Waals surface area contributed by atoms with Gasteiger partial charge in [0.15, 0.2) is 11.6 Å². The first-order chi connectivity index (χ1) is 14.0. The van der Waals surface area contributed by atoms with Gasteiger partial charge < -0.3 is 10.5 Å². The van der Waals surface area contributed by atoms with Gasteiger partial charge in [-0.05, 0) is 36.2 Å². The van der Waals surface area contributed by atoms with Crippen molar-refractivity contribution in [2.24, 2.45) is 7.05 Å². The van der Waals surface area contributed by atoms with Crippen LogP contribution in [0.25, 0.3) is 22.3 Å². The molecular weight excluding hydrogens is 367 g/mol. The number of aryl methyl sites for hydroxylation is 1. The largest absolute Gasteiger partial charge is 0.482 e. The molecule has 0 fully saturated rings. The van der Waals surface area contributed by atoms with Crippen molar-refractivity contribution < 1.29 is 9.13 Å². The molecule has 29 heavy (non-hydrogen) atoms. The summed E-state index contributed by atoms with van der Waals surface area (Å²) in [5.41, 5.74) is 10.4. The lowest BCUT2D eigenvalue weighted by Crippen LogP contribution is -2.08. The van der Waals surface area contributed by atoms with Crippen LogP contribution in [-0.4, -0.2) is 14.8 Å². The first-order valence-electron chi connectivity index (χ1n) is 9.27. The molecule has 0 unspecified atom stereocenters. The fraction of sp³-hybridized carbons (Fsp3) is 0.130. The van der Waals surface area contributed by atoms with Crippen LogP contribution in [0, 0.1) is 5.82 Å². The molecule has 0 saturated heterocycles. The van der Waals surface area contributed by atoms with Gasteiger partial charge in [0.05, 0.1) is 6.20 Å². The summed E-state index contributed by atoms with van der Waals surface area (Å²) in [4.78, 5) is 4.26. The zero-order chi connectivity index (χ0) is 20.4. The third-order valence-corrected chi connectivity index (χ3v) is 4.76. The predicted molar refractivity (Wildman–Crippen MR) is 112 cm³/mol. The zero-order valence-corrected chi connectivity index (χ0v) is 16.2. The number of hydrogen-bond acceptors (Lipinski definition) is 4. The van der Waals surface area contributed by atoms with Gasteiger partial charge in [0, 0.05) is 36.1 Å². The second-order valence-corrected chi connectivity index (χ2v) is 6.87. The van der Waals surface area contributed by atoms with Gasteiger partial charge in [-0.3, -0.25) is 4.68 Å². The molecule has 0 bridgehead atoms. The van der Waals surface area contributed by atoms with E-state index in [0.717, 1.165) is 27.8 Å². The Labute approximate surface area is 168 Å². The lowest BCUT2D eigenvalue weighted by molar-refractivity contribution is 0.228. The number of aromatic nitrogens is 3. The Bertz CT molecular complexity index is 1140. The van der Waals surface area contributed by atoms with E-state index in [-0.39, 0.29) is 11.9 Å². The van der Waals surface area contributed by atoms with Crippen molar-refractivity contribution in [1.29, 1.82) is 0 Å². The summed E-state index contributed by atoms with van der Waals surface area (Å²) < 4.78 is 21.8. The minimum Gasteiger partial charge on any atom is -0.482 e. The molecule has 146 valence electrons. The van der Waals surface area contributed by atoms with Crippen LogP contribution in [0.5, 0.6) is 5.75 Å². The fourth-order valence-electron chi connectivity index (χ4n) is 3.28. The molecule has 0 radical (unpaired) electrons. The highest BCUT2D eigenvalue weighted by Gasteiger charge is 2.17. The topological polar surface area (TPSA) is 66.0 Å². The van der Waals surface area contributed by atoms with Gasteiger partial charge in [-0.25, -0.2) is 9.37 Å². The fourth-order valence-corrected chi connectivity index (χ4v) is 3.28. The Morgan fingerprint density at radius 2 is 1.79 bits per heavy atom. The van der Waals surface area contributed by atoms with Gasteiger partial charge >= 0.3 is 0 Å². The van der Waals surface area contributed by atoms with Crippen molar-refractivity contribution in [1.82, 2.24) is 14.8 Å². The van der Waals surface area contributed by atoms with Crippen LogP contribution in [0.3, 0.4) is 0 Å². The molecular formula is C23H21FN4O. The van der Waals surface area contributed by atoms with Crippen LogP contribution in [0.15, 0.2) is 73.2 Å². The Balaban J connectivity index is 1.68. The first-order valence-corrected chi connectivity index (χ1v) is 9.27. The first kappa shape index (κ1) is 18.7. The van der Waals surface area contributed by atoms with E-state index < -0.39 is 0 Å². The van der Waals surface area contributed by atoms with E-state index in [9.17, 15) is 4.39 Å². The van der Waals surface area contributed by atoms with Crippen molar-refractivity contribution in [3.05, 3.63) is 84.6 Å². The minimum atomic E-state index is -0.362. The van der Waals surface area contributed by atoms with Crippen LogP contribution < -0.4 is 10.5 Å². The van der Waals surface area contributed by atoms with Crippen LogP contribution in [0.1, 0.15) is 18.6 Å². The summed E-state index contributed by atoms with van der Waals surface area (Å²) in [6.07, 6.45) is 4.98. The van der Waals surface area contributed by atoms with Crippen LogP contribution in [0.4, 0.5) is 10.2 Å². The Kier molecular flexibility index (Phi) is 4.99. The van der Waals surface area contributed by atoms with Crippen molar-refractivity contribution in [2.45, 2.75) is 13.0 Å². The van der Waals surface area contributed by atoms with Gasteiger partial charge in [0.1, 0.15) is 11.9 Å². The summed E-state index contributed by atoms with van der Waals surface area (Å²) in [5.74, 6) is 0.481. The molecule has 0 aliphatic heterocycles. The highest BCUT2D eigenvalue weighted by Crippen LogP contribution is 2.34. The normalized spacial score (nSPS) is 12.0. The van der Waals surface area contributed by atoms with Crippen LogP contribution in [-0.2, 0) is 7.05 Å². The van der Waals surface area contributed by atoms with Crippen molar-refractivity contribution in [3.63, 3.8) is 0 Å². The molecule has 4 aromatic rings. The SMILES string of the molecule is C[C@@H](Oc1cc(-c2cnn(C)c2)cnc1N)c1ccc(F)cc1-c1ccccc1. The summed E-state index contributed by atoms with van der Waals surface area (Å²) in [6, 6.07) is 16.2. The number of hydrogen-bond donors (Lipinski definition) is 1. The highest BCUT2D eigenvalue weighted by atomic mass is 19.1. The molecule has 4 rings (SSSR count). The molecule has 2 aromatic carbocycles. The van der Waals surface area contributed by atoms with E-state index in [0.29, 0.717) is 11.6 Å². The smallest absolute Gasteiger partial charge is 0.166 e. The maximum Gasteiger partial charge on any atom is 0.166 e. The van der Waals surface area contributed by atoms with E-state index >= 15 is 0 Å².